The van der Waals surface area contributed by atoms with Gasteiger partial charge in [-0.1, -0.05) is 18.2 Å². The lowest BCUT2D eigenvalue weighted by Crippen LogP contribution is -2.41. The van der Waals surface area contributed by atoms with E-state index in [0.717, 1.165) is 50.1 Å². The lowest BCUT2D eigenvalue weighted by molar-refractivity contribution is -0.133. The zero-order valence-electron chi connectivity index (χ0n) is 14.5. The van der Waals surface area contributed by atoms with Gasteiger partial charge in [-0.15, -0.1) is 0 Å². The normalized spacial score (nSPS) is 20.1. The number of fused-ring (bicyclic) bond motifs is 1. The molecule has 6 nitrogen and oxygen atoms in total. The molecule has 2 fully saturated rings. The van der Waals surface area contributed by atoms with Crippen LogP contribution in [-0.4, -0.2) is 46.4 Å². The Kier molecular flexibility index (Phi) is 4.29. The first-order valence-corrected chi connectivity index (χ1v) is 8.97. The first kappa shape index (κ1) is 16.3. The summed E-state index contributed by atoms with van der Waals surface area (Å²) in [6.07, 6.45) is 3.11. The number of hydrogen-bond acceptors (Lipinski definition) is 4. The van der Waals surface area contributed by atoms with E-state index in [0.29, 0.717) is 17.3 Å². The highest BCUT2D eigenvalue weighted by molar-refractivity contribution is 5.83. The van der Waals surface area contributed by atoms with Gasteiger partial charge in [0, 0.05) is 30.5 Å². The van der Waals surface area contributed by atoms with Gasteiger partial charge in [0.2, 0.25) is 5.91 Å². The third kappa shape index (κ3) is 3.31. The topological polar surface area (TPSA) is 64.4 Å². The molecular weight excluding hydrogens is 318 g/mol. The lowest BCUT2D eigenvalue weighted by Gasteiger charge is -2.25. The van der Waals surface area contributed by atoms with E-state index in [1.807, 2.05) is 30.0 Å². The van der Waals surface area contributed by atoms with Gasteiger partial charge in [0.25, 0.3) is 5.56 Å². The quantitative estimate of drug-likeness (QED) is 0.831. The first-order chi connectivity index (χ1) is 12.1. The van der Waals surface area contributed by atoms with Crippen molar-refractivity contribution in [2.24, 2.45) is 5.92 Å². The van der Waals surface area contributed by atoms with Gasteiger partial charge >= 0.3 is 0 Å². The molecule has 0 unspecified atom stereocenters. The molecule has 2 aliphatic rings. The first-order valence-electron chi connectivity index (χ1n) is 8.97. The van der Waals surface area contributed by atoms with Crippen molar-refractivity contribution in [3.63, 3.8) is 0 Å². The van der Waals surface area contributed by atoms with Crippen molar-refractivity contribution in [2.45, 2.75) is 38.8 Å². The van der Waals surface area contributed by atoms with Crippen LogP contribution in [0.3, 0.4) is 0 Å². The van der Waals surface area contributed by atoms with Crippen LogP contribution in [0.5, 0.6) is 0 Å². The SMILES string of the molecule is Cc1nn(CC(=O)N(C[C@H]2CCOC2)C2CC2)c(=O)c2ccccc12. The molecule has 1 aliphatic heterocycles. The highest BCUT2D eigenvalue weighted by Gasteiger charge is 2.35. The zero-order chi connectivity index (χ0) is 17.4. The Morgan fingerprint density at radius 2 is 2.04 bits per heavy atom. The number of aromatic nitrogens is 2. The number of ether oxygens (including phenoxy) is 1. The summed E-state index contributed by atoms with van der Waals surface area (Å²) in [6, 6.07) is 7.74. The van der Waals surface area contributed by atoms with E-state index >= 15 is 0 Å². The molecule has 0 radical (unpaired) electrons. The fraction of sp³-hybridized carbons (Fsp3) is 0.526. The summed E-state index contributed by atoms with van der Waals surface area (Å²) >= 11 is 0. The summed E-state index contributed by atoms with van der Waals surface area (Å²) in [5.41, 5.74) is 0.569. The number of benzene rings is 1. The number of nitrogens with zero attached hydrogens (tertiary/aromatic N) is 3. The Balaban J connectivity index is 1.58. The maximum absolute atomic E-state index is 12.9. The van der Waals surface area contributed by atoms with Crippen LogP contribution in [0.2, 0.25) is 0 Å². The van der Waals surface area contributed by atoms with Gasteiger partial charge in [-0.2, -0.15) is 5.10 Å². The molecule has 132 valence electrons. The van der Waals surface area contributed by atoms with E-state index in [2.05, 4.69) is 5.10 Å². The van der Waals surface area contributed by atoms with Gasteiger partial charge in [-0.05, 0) is 32.3 Å². The number of hydrogen-bond donors (Lipinski definition) is 0. The molecule has 1 aromatic carbocycles. The largest absolute Gasteiger partial charge is 0.381 e. The van der Waals surface area contributed by atoms with Gasteiger partial charge < -0.3 is 9.64 Å². The zero-order valence-corrected chi connectivity index (χ0v) is 14.5. The predicted molar refractivity (Wildman–Crippen MR) is 94.4 cm³/mol. The Morgan fingerprint density at radius 3 is 2.72 bits per heavy atom. The summed E-state index contributed by atoms with van der Waals surface area (Å²) in [6.45, 7) is 4.11. The number of carbonyl (C=O) groups excluding carboxylic acids is 1. The minimum absolute atomic E-state index is 0.00852. The number of rotatable bonds is 5. The van der Waals surface area contributed by atoms with Gasteiger partial charge in [-0.25, -0.2) is 4.68 Å². The molecule has 1 amide bonds. The van der Waals surface area contributed by atoms with Crippen LogP contribution in [0.1, 0.15) is 25.0 Å². The van der Waals surface area contributed by atoms with Crippen LogP contribution < -0.4 is 5.56 Å². The molecule has 0 bridgehead atoms. The summed E-state index contributed by atoms with van der Waals surface area (Å²) in [5, 5.41) is 5.83. The van der Waals surface area contributed by atoms with E-state index < -0.39 is 0 Å². The van der Waals surface area contributed by atoms with Gasteiger partial charge in [0.05, 0.1) is 17.7 Å². The third-order valence-electron chi connectivity index (χ3n) is 5.12. The Bertz CT molecular complexity index is 851. The third-order valence-corrected chi connectivity index (χ3v) is 5.12. The second-order valence-corrected chi connectivity index (χ2v) is 7.10. The summed E-state index contributed by atoms with van der Waals surface area (Å²) in [5.74, 6) is 0.395. The van der Waals surface area contributed by atoms with Gasteiger partial charge in [-0.3, -0.25) is 9.59 Å². The van der Waals surface area contributed by atoms with Crippen LogP contribution in [0, 0.1) is 12.8 Å². The van der Waals surface area contributed by atoms with Crippen molar-refractivity contribution in [3.05, 3.63) is 40.3 Å². The van der Waals surface area contributed by atoms with Crippen molar-refractivity contribution in [1.82, 2.24) is 14.7 Å². The van der Waals surface area contributed by atoms with Crippen molar-refractivity contribution in [3.8, 4) is 0 Å². The molecule has 0 spiro atoms. The molecule has 2 heterocycles. The van der Waals surface area contributed by atoms with Crippen LogP contribution in [0.15, 0.2) is 29.1 Å². The summed E-state index contributed by atoms with van der Waals surface area (Å²) in [4.78, 5) is 27.5. The molecule has 1 aliphatic carbocycles. The monoisotopic (exact) mass is 341 g/mol. The minimum atomic E-state index is -0.200. The smallest absolute Gasteiger partial charge is 0.275 e. The highest BCUT2D eigenvalue weighted by Crippen LogP contribution is 2.29. The second kappa shape index (κ2) is 6.59. The average molecular weight is 341 g/mol. The van der Waals surface area contributed by atoms with Crippen LogP contribution in [-0.2, 0) is 16.1 Å². The number of amides is 1. The molecule has 1 saturated carbocycles. The van der Waals surface area contributed by atoms with Gasteiger partial charge in [0.1, 0.15) is 6.54 Å². The number of aryl methyl sites for hydroxylation is 1. The molecule has 0 N–H and O–H groups in total. The standard InChI is InChI=1S/C19H23N3O3/c1-13-16-4-2-3-5-17(16)19(24)22(20-13)11-18(23)21(15-6-7-15)10-14-8-9-25-12-14/h2-5,14-15H,6-12H2,1H3/t14-/m1/s1. The average Bonchev–Trinajstić information content (AvgIpc) is 3.33. The fourth-order valence-corrected chi connectivity index (χ4v) is 3.58. The molecular formula is C19H23N3O3. The van der Waals surface area contributed by atoms with Crippen molar-refractivity contribution >= 4 is 16.7 Å². The number of carbonyl (C=O) groups is 1. The second-order valence-electron chi connectivity index (χ2n) is 7.10. The molecule has 4 rings (SSSR count). The van der Waals surface area contributed by atoms with Crippen molar-refractivity contribution in [1.29, 1.82) is 0 Å². The Morgan fingerprint density at radius 1 is 1.28 bits per heavy atom. The Hall–Kier alpha value is -2.21. The summed E-state index contributed by atoms with van der Waals surface area (Å²) < 4.78 is 6.75. The molecule has 6 heteroatoms. The summed E-state index contributed by atoms with van der Waals surface area (Å²) in [7, 11) is 0. The molecule has 2 aromatic rings. The van der Waals surface area contributed by atoms with Crippen LogP contribution in [0.4, 0.5) is 0 Å². The van der Waals surface area contributed by atoms with E-state index in [1.165, 1.54) is 4.68 Å². The minimum Gasteiger partial charge on any atom is -0.381 e. The van der Waals surface area contributed by atoms with E-state index in [1.54, 1.807) is 6.07 Å². The maximum Gasteiger partial charge on any atom is 0.275 e. The molecule has 1 saturated heterocycles. The highest BCUT2D eigenvalue weighted by atomic mass is 16.5. The van der Waals surface area contributed by atoms with Crippen LogP contribution >= 0.6 is 0 Å². The van der Waals surface area contributed by atoms with E-state index in [-0.39, 0.29) is 18.0 Å². The van der Waals surface area contributed by atoms with E-state index in [4.69, 9.17) is 4.74 Å². The van der Waals surface area contributed by atoms with Crippen LogP contribution in [0.25, 0.3) is 10.8 Å². The lowest BCUT2D eigenvalue weighted by atomic mass is 10.1. The molecule has 1 aromatic heterocycles. The predicted octanol–water partition coefficient (Wildman–Crippen LogP) is 1.73. The van der Waals surface area contributed by atoms with Gasteiger partial charge in [0.15, 0.2) is 0 Å². The molecule has 25 heavy (non-hydrogen) atoms. The maximum atomic E-state index is 12.9. The van der Waals surface area contributed by atoms with Crippen molar-refractivity contribution < 1.29 is 9.53 Å². The van der Waals surface area contributed by atoms with E-state index in [9.17, 15) is 9.59 Å². The van der Waals surface area contributed by atoms with Crippen molar-refractivity contribution in [2.75, 3.05) is 19.8 Å². The Labute approximate surface area is 146 Å². The fourth-order valence-electron chi connectivity index (χ4n) is 3.58. The molecule has 1 atom stereocenters.